The highest BCUT2D eigenvalue weighted by molar-refractivity contribution is 9.10. The van der Waals surface area contributed by atoms with Gasteiger partial charge in [-0.15, -0.1) is 0 Å². The van der Waals surface area contributed by atoms with Gasteiger partial charge in [0.25, 0.3) is 0 Å². The summed E-state index contributed by atoms with van der Waals surface area (Å²) in [5, 5.41) is 4.48. The van der Waals surface area contributed by atoms with Crippen molar-refractivity contribution >= 4 is 37.4 Å². The van der Waals surface area contributed by atoms with Crippen LogP contribution < -0.4 is 5.73 Å². The van der Waals surface area contributed by atoms with Crippen molar-refractivity contribution in [2.24, 2.45) is 0 Å². The number of benzene rings is 1. The van der Waals surface area contributed by atoms with Gasteiger partial charge in [0, 0.05) is 48.2 Å². The van der Waals surface area contributed by atoms with E-state index in [-0.39, 0.29) is 11.7 Å². The topological polar surface area (TPSA) is 98.5 Å². The Kier molecular flexibility index (Phi) is 5.75. The SMILES string of the molecule is CCS(=O)(=O)N1CCC(c2nc3c(-c4ccn(-c5ccccc5)c4)cnn3c(N)c2Br)CC1. The maximum absolute atomic E-state index is 12.2. The Bertz CT molecular complexity index is 1410. The molecule has 0 atom stereocenters. The lowest BCUT2D eigenvalue weighted by Gasteiger charge is -2.31. The summed E-state index contributed by atoms with van der Waals surface area (Å²) < 4.78 is 30.5. The number of nitrogen functional groups attached to an aromatic ring is 1. The van der Waals surface area contributed by atoms with Crippen LogP contribution >= 0.6 is 15.9 Å². The van der Waals surface area contributed by atoms with Crippen LogP contribution in [0.1, 0.15) is 31.4 Å². The van der Waals surface area contributed by atoms with Crippen LogP contribution in [-0.2, 0) is 10.0 Å². The fourth-order valence-electron chi connectivity index (χ4n) is 4.39. The Morgan fingerprint density at radius 1 is 1.15 bits per heavy atom. The fraction of sp³-hybridized carbons (Fsp3) is 0.304. The Labute approximate surface area is 201 Å². The van der Waals surface area contributed by atoms with E-state index in [4.69, 9.17) is 10.7 Å². The predicted octanol–water partition coefficient (Wildman–Crippen LogP) is 4.06. The molecule has 1 aliphatic heterocycles. The quantitative estimate of drug-likeness (QED) is 0.421. The van der Waals surface area contributed by atoms with E-state index in [1.165, 1.54) is 0 Å². The molecule has 3 aromatic heterocycles. The maximum Gasteiger partial charge on any atom is 0.213 e. The van der Waals surface area contributed by atoms with Gasteiger partial charge in [-0.2, -0.15) is 9.61 Å². The molecule has 33 heavy (non-hydrogen) atoms. The molecule has 1 saturated heterocycles. The number of anilines is 1. The van der Waals surface area contributed by atoms with Gasteiger partial charge in [-0.05, 0) is 53.9 Å². The first-order valence-electron chi connectivity index (χ1n) is 10.9. The maximum atomic E-state index is 12.2. The summed E-state index contributed by atoms with van der Waals surface area (Å²) in [6, 6.07) is 12.2. The molecule has 4 aromatic rings. The van der Waals surface area contributed by atoms with Gasteiger partial charge in [-0.3, -0.25) is 0 Å². The van der Waals surface area contributed by atoms with Crippen molar-refractivity contribution < 1.29 is 8.42 Å². The molecular weight excluding hydrogens is 504 g/mol. The summed E-state index contributed by atoms with van der Waals surface area (Å²) in [7, 11) is -3.17. The highest BCUT2D eigenvalue weighted by Gasteiger charge is 2.30. The lowest BCUT2D eigenvalue weighted by molar-refractivity contribution is 0.317. The van der Waals surface area contributed by atoms with Gasteiger partial charge in [0.15, 0.2) is 5.65 Å². The smallest absolute Gasteiger partial charge is 0.213 e. The molecule has 4 heterocycles. The minimum Gasteiger partial charge on any atom is -0.383 e. The molecule has 8 nitrogen and oxygen atoms in total. The number of nitrogens with zero attached hydrogens (tertiary/aromatic N) is 5. The van der Waals surface area contributed by atoms with Crippen molar-refractivity contribution in [2.75, 3.05) is 24.6 Å². The normalized spacial score (nSPS) is 15.9. The molecule has 0 saturated carbocycles. The first-order chi connectivity index (χ1) is 15.9. The van der Waals surface area contributed by atoms with E-state index in [9.17, 15) is 8.42 Å². The van der Waals surface area contributed by atoms with E-state index in [1.807, 2.05) is 30.5 Å². The Balaban J connectivity index is 1.50. The standard InChI is InChI=1S/C23H25BrN6O2S/c1-2-33(31,32)29-12-9-16(10-13-29)21-20(24)22(25)30-23(27-21)19(14-26-30)17-8-11-28(15-17)18-6-4-3-5-7-18/h3-8,11,14-16H,2,9-10,12-13,25H2,1H3. The number of fused-ring (bicyclic) bond motifs is 1. The molecule has 10 heteroatoms. The van der Waals surface area contributed by atoms with Crippen molar-refractivity contribution in [3.05, 3.63) is 65.2 Å². The van der Waals surface area contributed by atoms with E-state index >= 15 is 0 Å². The number of sulfonamides is 1. The van der Waals surface area contributed by atoms with Gasteiger partial charge < -0.3 is 10.3 Å². The van der Waals surface area contributed by atoms with Crippen LogP contribution in [0.15, 0.2) is 59.5 Å². The molecule has 0 spiro atoms. The van der Waals surface area contributed by atoms with Gasteiger partial charge in [0.05, 0.1) is 22.1 Å². The third kappa shape index (κ3) is 3.96. The van der Waals surface area contributed by atoms with Crippen molar-refractivity contribution in [1.29, 1.82) is 0 Å². The number of hydrogen-bond acceptors (Lipinski definition) is 5. The number of halogens is 1. The average molecular weight is 529 g/mol. The molecule has 0 aliphatic carbocycles. The zero-order chi connectivity index (χ0) is 23.2. The molecule has 1 aliphatic rings. The van der Waals surface area contributed by atoms with E-state index in [0.717, 1.165) is 27.0 Å². The van der Waals surface area contributed by atoms with Crippen LogP contribution in [0.5, 0.6) is 0 Å². The summed E-state index contributed by atoms with van der Waals surface area (Å²) in [4.78, 5) is 4.98. The molecule has 5 rings (SSSR count). The summed E-state index contributed by atoms with van der Waals surface area (Å²) in [5.41, 5.74) is 11.0. The largest absolute Gasteiger partial charge is 0.383 e. The molecule has 1 fully saturated rings. The number of piperidine rings is 1. The molecule has 2 N–H and O–H groups in total. The van der Waals surface area contributed by atoms with E-state index in [2.05, 4.69) is 43.9 Å². The summed E-state index contributed by atoms with van der Waals surface area (Å²) in [6.45, 7) is 2.67. The second-order valence-corrected chi connectivity index (χ2v) is 11.3. The van der Waals surface area contributed by atoms with Crippen LogP contribution in [0, 0.1) is 0 Å². The first kappa shape index (κ1) is 22.1. The highest BCUT2D eigenvalue weighted by atomic mass is 79.9. The molecule has 0 unspecified atom stereocenters. The minimum atomic E-state index is -3.17. The summed E-state index contributed by atoms with van der Waals surface area (Å²) >= 11 is 3.62. The van der Waals surface area contributed by atoms with E-state index < -0.39 is 10.0 Å². The Morgan fingerprint density at radius 3 is 2.58 bits per heavy atom. The van der Waals surface area contributed by atoms with Crippen LogP contribution in [-0.4, -0.2) is 50.7 Å². The van der Waals surface area contributed by atoms with Crippen LogP contribution in [0.3, 0.4) is 0 Å². The van der Waals surface area contributed by atoms with Gasteiger partial charge in [0.2, 0.25) is 10.0 Å². The second-order valence-electron chi connectivity index (χ2n) is 8.21. The van der Waals surface area contributed by atoms with Gasteiger partial charge in [-0.25, -0.2) is 17.7 Å². The average Bonchev–Trinajstić information content (AvgIpc) is 3.49. The number of hydrogen-bond donors (Lipinski definition) is 1. The lowest BCUT2D eigenvalue weighted by atomic mass is 9.94. The Morgan fingerprint density at radius 2 is 1.88 bits per heavy atom. The van der Waals surface area contributed by atoms with E-state index in [1.54, 1.807) is 21.9 Å². The molecule has 0 radical (unpaired) electrons. The van der Waals surface area contributed by atoms with Gasteiger partial charge in [-0.1, -0.05) is 18.2 Å². The lowest BCUT2D eigenvalue weighted by Crippen LogP contribution is -2.39. The molecule has 172 valence electrons. The third-order valence-corrected chi connectivity index (χ3v) is 9.00. The van der Waals surface area contributed by atoms with Gasteiger partial charge >= 0.3 is 0 Å². The van der Waals surface area contributed by atoms with E-state index in [0.29, 0.717) is 37.4 Å². The number of rotatable bonds is 5. The van der Waals surface area contributed by atoms with Crippen molar-refractivity contribution in [3.63, 3.8) is 0 Å². The Hall–Kier alpha value is -2.69. The predicted molar refractivity (Wildman–Crippen MR) is 133 cm³/mol. The molecule has 0 bridgehead atoms. The fourth-order valence-corrected chi connectivity index (χ4v) is 6.11. The first-order valence-corrected chi connectivity index (χ1v) is 13.3. The van der Waals surface area contributed by atoms with Crippen molar-refractivity contribution in [3.8, 4) is 16.8 Å². The van der Waals surface area contributed by atoms with Gasteiger partial charge in [0.1, 0.15) is 5.82 Å². The second kappa shape index (κ2) is 8.58. The van der Waals surface area contributed by atoms with Crippen LogP contribution in [0.2, 0.25) is 0 Å². The summed E-state index contributed by atoms with van der Waals surface area (Å²) in [6.07, 6.45) is 7.26. The zero-order valence-electron chi connectivity index (χ0n) is 18.2. The molecule has 1 aromatic carbocycles. The van der Waals surface area contributed by atoms with Crippen molar-refractivity contribution in [1.82, 2.24) is 23.5 Å². The minimum absolute atomic E-state index is 0.117. The van der Waals surface area contributed by atoms with Crippen LogP contribution in [0.4, 0.5) is 5.82 Å². The molecule has 0 amide bonds. The van der Waals surface area contributed by atoms with Crippen molar-refractivity contribution in [2.45, 2.75) is 25.7 Å². The highest BCUT2D eigenvalue weighted by Crippen LogP contribution is 2.37. The third-order valence-electron chi connectivity index (χ3n) is 6.31. The number of aromatic nitrogens is 4. The zero-order valence-corrected chi connectivity index (χ0v) is 20.6. The number of para-hydroxylation sites is 1. The molecular formula is C23H25BrN6O2S. The number of nitrogens with two attached hydrogens (primary N) is 1. The summed E-state index contributed by atoms with van der Waals surface area (Å²) in [5.74, 6) is 0.736. The van der Waals surface area contributed by atoms with Crippen LogP contribution in [0.25, 0.3) is 22.5 Å². The monoisotopic (exact) mass is 528 g/mol.